The van der Waals surface area contributed by atoms with Crippen molar-refractivity contribution in [2.75, 3.05) is 5.75 Å². The van der Waals surface area contributed by atoms with Gasteiger partial charge in [-0.15, -0.1) is 6.58 Å². The minimum Gasteiger partial charge on any atom is -0.333 e. The Morgan fingerprint density at radius 3 is 2.47 bits per heavy atom. The second-order valence-electron chi connectivity index (χ2n) is 3.15. The molecule has 1 atom stereocenters. The minimum absolute atomic E-state index is 0.000103. The first-order valence-electron chi connectivity index (χ1n) is 4.53. The quantitative estimate of drug-likeness (QED) is 0.627. The Balaban J connectivity index is 3.04. The van der Waals surface area contributed by atoms with E-state index in [1.807, 2.05) is 0 Å². The molecule has 1 rings (SSSR count). The summed E-state index contributed by atoms with van der Waals surface area (Å²) in [5.74, 6) is -0.000103. The highest BCUT2D eigenvalue weighted by atomic mass is 79.9. The van der Waals surface area contributed by atoms with Crippen molar-refractivity contribution in [3.05, 3.63) is 47.0 Å². The van der Waals surface area contributed by atoms with E-state index in [0.29, 0.717) is 15.9 Å². The van der Waals surface area contributed by atoms with Crippen LogP contribution in [0.3, 0.4) is 0 Å². The Labute approximate surface area is 110 Å². The first-order valence-corrected chi connectivity index (χ1v) is 8.58. The van der Waals surface area contributed by atoms with E-state index in [1.54, 1.807) is 0 Å². The predicted molar refractivity (Wildman–Crippen MR) is 70.5 cm³/mol. The van der Waals surface area contributed by atoms with Crippen LogP contribution in [0.5, 0.6) is 0 Å². The molecule has 0 aliphatic rings. The van der Waals surface area contributed by atoms with Crippen LogP contribution < -0.4 is 0 Å². The largest absolute Gasteiger partial charge is 0.355 e. The van der Waals surface area contributed by atoms with Crippen LogP contribution in [0.2, 0.25) is 0 Å². The summed E-state index contributed by atoms with van der Waals surface area (Å²) in [4.78, 5) is 9.41. The average molecular weight is 343 g/mol. The monoisotopic (exact) mass is 342 g/mol. The van der Waals surface area contributed by atoms with Gasteiger partial charge >= 0.3 is 12.2 Å². The lowest BCUT2D eigenvalue weighted by molar-refractivity contribution is 0.0794. The van der Waals surface area contributed by atoms with Crippen molar-refractivity contribution in [2.45, 2.75) is 5.66 Å². The lowest BCUT2D eigenvalue weighted by Crippen LogP contribution is -2.12. The van der Waals surface area contributed by atoms with Crippen LogP contribution in [0.15, 0.2) is 41.4 Å². The van der Waals surface area contributed by atoms with E-state index in [2.05, 4.69) is 22.5 Å². The summed E-state index contributed by atoms with van der Waals surface area (Å²) < 4.78 is 39.8. The van der Waals surface area contributed by atoms with Gasteiger partial charge in [-0.25, -0.2) is 0 Å². The van der Waals surface area contributed by atoms with E-state index in [0.717, 1.165) is 12.1 Å². The molecule has 1 N–H and O–H groups in total. The van der Waals surface area contributed by atoms with Crippen LogP contribution in [0, 0.1) is 0 Å². The number of benzene rings is 1. The summed E-state index contributed by atoms with van der Waals surface area (Å²) in [7, 11) is 0. The van der Waals surface area contributed by atoms with Crippen LogP contribution in [-0.2, 0) is 10.2 Å². The fraction of sp³-hybridized carbons (Fsp3) is 0.200. The second kappa shape index (κ2) is 5.65. The van der Waals surface area contributed by atoms with Crippen molar-refractivity contribution >= 4 is 33.9 Å². The predicted octanol–water partition coefficient (Wildman–Crippen LogP) is 4.60. The highest BCUT2D eigenvalue weighted by Crippen LogP contribution is 2.70. The molecular formula is C10H10BrF2O2PS. The SMILES string of the molecule is C=CCSP(=O)(O)C(F)(F)c1ccc(Br)cc1. The van der Waals surface area contributed by atoms with Crippen molar-refractivity contribution in [1.82, 2.24) is 0 Å². The molecule has 0 radical (unpaired) electrons. The van der Waals surface area contributed by atoms with Gasteiger partial charge in [0, 0.05) is 15.8 Å². The third-order valence-electron chi connectivity index (χ3n) is 1.91. The molecule has 7 heteroatoms. The third-order valence-corrected chi connectivity index (χ3v) is 6.33. The highest BCUT2D eigenvalue weighted by Gasteiger charge is 2.51. The van der Waals surface area contributed by atoms with E-state index >= 15 is 0 Å². The molecule has 0 aliphatic carbocycles. The maximum Gasteiger partial charge on any atom is 0.355 e. The summed E-state index contributed by atoms with van der Waals surface area (Å²) in [5.41, 5.74) is -4.23. The molecule has 0 bridgehead atoms. The van der Waals surface area contributed by atoms with E-state index in [1.165, 1.54) is 18.2 Å². The molecule has 0 spiro atoms. The van der Waals surface area contributed by atoms with Crippen LogP contribution >= 0.6 is 33.9 Å². The van der Waals surface area contributed by atoms with Gasteiger partial charge < -0.3 is 4.89 Å². The highest BCUT2D eigenvalue weighted by molar-refractivity contribution is 9.10. The van der Waals surface area contributed by atoms with E-state index in [4.69, 9.17) is 0 Å². The van der Waals surface area contributed by atoms with Crippen molar-refractivity contribution in [3.63, 3.8) is 0 Å². The molecule has 1 unspecified atom stereocenters. The van der Waals surface area contributed by atoms with Crippen LogP contribution in [0.1, 0.15) is 5.56 Å². The fourth-order valence-corrected chi connectivity index (χ4v) is 3.98. The Kier molecular flexibility index (Phi) is 4.95. The molecular weight excluding hydrogens is 333 g/mol. The van der Waals surface area contributed by atoms with Crippen LogP contribution in [0.4, 0.5) is 8.78 Å². The van der Waals surface area contributed by atoms with Crippen molar-refractivity contribution in [2.24, 2.45) is 0 Å². The van der Waals surface area contributed by atoms with Crippen LogP contribution in [0.25, 0.3) is 0 Å². The molecule has 0 amide bonds. The molecule has 0 saturated heterocycles. The summed E-state index contributed by atoms with van der Waals surface area (Å²) in [5, 5.41) is 0. The third kappa shape index (κ3) is 3.41. The van der Waals surface area contributed by atoms with Crippen molar-refractivity contribution in [1.29, 1.82) is 0 Å². The summed E-state index contributed by atoms with van der Waals surface area (Å²) >= 11 is 3.43. The van der Waals surface area contributed by atoms with E-state index in [-0.39, 0.29) is 5.75 Å². The van der Waals surface area contributed by atoms with Gasteiger partial charge in [0.15, 0.2) is 0 Å². The van der Waals surface area contributed by atoms with Crippen molar-refractivity contribution < 1.29 is 18.2 Å². The molecule has 94 valence electrons. The van der Waals surface area contributed by atoms with E-state index in [9.17, 15) is 18.2 Å². The Bertz CT molecular complexity index is 450. The zero-order valence-electron chi connectivity index (χ0n) is 8.65. The first-order chi connectivity index (χ1) is 7.81. The molecule has 0 aliphatic heterocycles. The Morgan fingerprint density at radius 1 is 1.47 bits per heavy atom. The Morgan fingerprint density at radius 2 is 2.00 bits per heavy atom. The lowest BCUT2D eigenvalue weighted by Gasteiger charge is -2.21. The lowest BCUT2D eigenvalue weighted by atomic mass is 10.2. The molecule has 1 aromatic carbocycles. The molecule has 0 aromatic heterocycles. The maximum atomic E-state index is 13.8. The zero-order valence-corrected chi connectivity index (χ0v) is 11.9. The summed E-state index contributed by atoms with van der Waals surface area (Å²) in [6.45, 7) is -1.33. The zero-order chi connectivity index (χ0) is 13.1. The first kappa shape index (κ1) is 14.9. The smallest absolute Gasteiger partial charge is 0.333 e. The van der Waals surface area contributed by atoms with Crippen LogP contribution in [-0.4, -0.2) is 10.6 Å². The van der Waals surface area contributed by atoms with Gasteiger partial charge in [-0.2, -0.15) is 8.78 Å². The minimum atomic E-state index is -4.65. The number of rotatable bonds is 5. The van der Waals surface area contributed by atoms with Gasteiger partial charge in [-0.3, -0.25) is 4.57 Å². The van der Waals surface area contributed by atoms with E-state index < -0.39 is 17.8 Å². The average Bonchev–Trinajstić information content (AvgIpc) is 2.27. The van der Waals surface area contributed by atoms with Gasteiger partial charge in [0.05, 0.1) is 0 Å². The van der Waals surface area contributed by atoms with Crippen molar-refractivity contribution in [3.8, 4) is 0 Å². The van der Waals surface area contributed by atoms with Gasteiger partial charge in [0.2, 0.25) is 0 Å². The maximum absolute atomic E-state index is 13.8. The molecule has 1 aromatic rings. The van der Waals surface area contributed by atoms with Gasteiger partial charge in [-0.05, 0) is 12.1 Å². The molecule has 0 fully saturated rings. The molecule has 2 nitrogen and oxygen atoms in total. The standard InChI is InChI=1S/C10H10BrF2O2PS/c1-2-7-17-16(14,15)10(12,13)8-3-5-9(11)6-4-8/h2-6H,1,7H2,(H,14,15). The number of hydrogen-bond donors (Lipinski definition) is 1. The second-order valence-corrected chi connectivity index (χ2v) is 8.52. The number of alkyl halides is 2. The van der Waals surface area contributed by atoms with Gasteiger partial charge in [0.1, 0.15) is 0 Å². The summed E-state index contributed by atoms with van der Waals surface area (Å²) in [6, 6.07) is 5.06. The van der Waals surface area contributed by atoms with Gasteiger partial charge in [0.25, 0.3) is 0 Å². The number of halogens is 3. The molecule has 17 heavy (non-hydrogen) atoms. The molecule has 0 saturated carbocycles. The van der Waals surface area contributed by atoms with Gasteiger partial charge in [-0.1, -0.05) is 45.5 Å². The fourth-order valence-electron chi connectivity index (χ4n) is 1.05. The Hall–Kier alpha value is -0.160. The molecule has 0 heterocycles. The normalized spacial score (nSPS) is 15.3. The topological polar surface area (TPSA) is 37.3 Å². The summed E-state index contributed by atoms with van der Waals surface area (Å²) in [6.07, 6.45) is 1.31. The number of hydrogen-bond acceptors (Lipinski definition) is 2.